The molecule has 0 spiro atoms. The van der Waals surface area contributed by atoms with Gasteiger partial charge in [0.15, 0.2) is 5.16 Å². The standard InChI is InChI=1S/C11H17N3O3S/c1-4-7-8(10(16)17)9(12-5-6(2)15)14-11(13-7)18-3/h6,15H,4-5H2,1-3H3,(H,16,17)(H,12,13,14)/t6-/m0/s1. The molecule has 18 heavy (non-hydrogen) atoms. The van der Waals surface area contributed by atoms with Crippen LogP contribution in [0.15, 0.2) is 5.16 Å². The van der Waals surface area contributed by atoms with Crippen LogP contribution in [-0.4, -0.2) is 45.1 Å². The van der Waals surface area contributed by atoms with E-state index in [1.165, 1.54) is 11.8 Å². The van der Waals surface area contributed by atoms with Crippen molar-refractivity contribution >= 4 is 23.5 Å². The van der Waals surface area contributed by atoms with Gasteiger partial charge in [-0.1, -0.05) is 18.7 Å². The Morgan fingerprint density at radius 3 is 2.61 bits per heavy atom. The normalized spacial score (nSPS) is 12.2. The van der Waals surface area contributed by atoms with E-state index < -0.39 is 12.1 Å². The number of hydrogen-bond acceptors (Lipinski definition) is 6. The van der Waals surface area contributed by atoms with Crippen LogP contribution in [0, 0.1) is 0 Å². The van der Waals surface area contributed by atoms with Crippen molar-refractivity contribution in [3.63, 3.8) is 0 Å². The summed E-state index contributed by atoms with van der Waals surface area (Å²) in [5.74, 6) is -0.799. The number of rotatable bonds is 6. The maximum Gasteiger partial charge on any atom is 0.341 e. The summed E-state index contributed by atoms with van der Waals surface area (Å²) in [4.78, 5) is 19.6. The number of aromatic carboxylic acids is 1. The van der Waals surface area contributed by atoms with E-state index in [1.807, 2.05) is 13.2 Å². The molecule has 0 aliphatic heterocycles. The molecule has 0 aliphatic rings. The number of carboxylic acids is 1. The lowest BCUT2D eigenvalue weighted by Gasteiger charge is -2.13. The zero-order valence-corrected chi connectivity index (χ0v) is 11.4. The van der Waals surface area contributed by atoms with Crippen LogP contribution in [0.5, 0.6) is 0 Å². The third-order valence-electron chi connectivity index (χ3n) is 2.26. The summed E-state index contributed by atoms with van der Waals surface area (Å²) in [5.41, 5.74) is 0.575. The first-order chi connectivity index (χ1) is 8.49. The number of aliphatic hydroxyl groups excluding tert-OH is 1. The number of nitrogens with zero attached hydrogens (tertiary/aromatic N) is 2. The number of carboxylic acid groups (broad SMARTS) is 1. The van der Waals surface area contributed by atoms with E-state index in [1.54, 1.807) is 6.92 Å². The third kappa shape index (κ3) is 3.58. The molecule has 0 unspecified atom stereocenters. The number of anilines is 1. The molecular formula is C11H17N3O3S. The Balaban J connectivity index is 3.21. The minimum atomic E-state index is -1.06. The van der Waals surface area contributed by atoms with Crippen molar-refractivity contribution in [3.05, 3.63) is 11.3 Å². The van der Waals surface area contributed by atoms with E-state index >= 15 is 0 Å². The number of hydrogen-bond donors (Lipinski definition) is 3. The quantitative estimate of drug-likeness (QED) is 0.529. The highest BCUT2D eigenvalue weighted by atomic mass is 32.2. The van der Waals surface area contributed by atoms with Gasteiger partial charge in [-0.15, -0.1) is 0 Å². The molecule has 0 bridgehead atoms. The summed E-state index contributed by atoms with van der Waals surface area (Å²) in [5, 5.41) is 21.8. The highest BCUT2D eigenvalue weighted by Crippen LogP contribution is 2.21. The van der Waals surface area contributed by atoms with Crippen molar-refractivity contribution in [1.82, 2.24) is 9.97 Å². The fourth-order valence-electron chi connectivity index (χ4n) is 1.43. The summed E-state index contributed by atoms with van der Waals surface area (Å²) in [6.07, 6.45) is 1.76. The molecule has 1 rings (SSSR count). The number of aromatic nitrogens is 2. The molecule has 0 amide bonds. The number of thioether (sulfide) groups is 1. The Morgan fingerprint density at radius 2 is 2.17 bits per heavy atom. The summed E-state index contributed by atoms with van der Waals surface area (Å²) in [7, 11) is 0. The summed E-state index contributed by atoms with van der Waals surface area (Å²) in [6.45, 7) is 3.70. The van der Waals surface area contributed by atoms with Gasteiger partial charge in [0.2, 0.25) is 0 Å². The molecule has 3 N–H and O–H groups in total. The van der Waals surface area contributed by atoms with Crippen LogP contribution in [-0.2, 0) is 6.42 Å². The average Bonchev–Trinajstić information content (AvgIpc) is 2.34. The second-order valence-corrected chi connectivity index (χ2v) is 4.54. The summed E-state index contributed by atoms with van der Waals surface area (Å²) < 4.78 is 0. The Bertz CT molecular complexity index is 438. The molecule has 1 heterocycles. The number of aliphatic hydroxyl groups is 1. The highest BCUT2D eigenvalue weighted by Gasteiger charge is 2.19. The van der Waals surface area contributed by atoms with Gasteiger partial charge < -0.3 is 15.5 Å². The lowest BCUT2D eigenvalue weighted by molar-refractivity contribution is 0.0695. The molecule has 6 nitrogen and oxygen atoms in total. The molecule has 7 heteroatoms. The van der Waals surface area contributed by atoms with Crippen LogP contribution in [0.1, 0.15) is 29.9 Å². The zero-order valence-electron chi connectivity index (χ0n) is 10.6. The summed E-state index contributed by atoms with van der Waals surface area (Å²) in [6, 6.07) is 0. The predicted octanol–water partition coefficient (Wildman–Crippen LogP) is 1.25. The Kier molecular flexibility index (Phi) is 5.36. The lowest BCUT2D eigenvalue weighted by atomic mass is 10.1. The van der Waals surface area contributed by atoms with Gasteiger partial charge in [-0.05, 0) is 19.6 Å². The molecule has 0 fully saturated rings. The minimum absolute atomic E-state index is 0.0796. The summed E-state index contributed by atoms with van der Waals surface area (Å²) >= 11 is 1.35. The Morgan fingerprint density at radius 1 is 1.50 bits per heavy atom. The lowest BCUT2D eigenvalue weighted by Crippen LogP contribution is -2.20. The van der Waals surface area contributed by atoms with Gasteiger partial charge in [0.1, 0.15) is 11.4 Å². The monoisotopic (exact) mass is 271 g/mol. The van der Waals surface area contributed by atoms with Gasteiger partial charge in [-0.3, -0.25) is 0 Å². The second-order valence-electron chi connectivity index (χ2n) is 3.77. The SMILES string of the molecule is CCc1nc(SC)nc(NC[C@H](C)O)c1C(=O)O. The van der Waals surface area contributed by atoms with E-state index in [0.29, 0.717) is 17.3 Å². The van der Waals surface area contributed by atoms with Crippen LogP contribution in [0.4, 0.5) is 5.82 Å². The van der Waals surface area contributed by atoms with Gasteiger partial charge in [-0.2, -0.15) is 0 Å². The van der Waals surface area contributed by atoms with Crippen molar-refractivity contribution in [3.8, 4) is 0 Å². The molecule has 0 aromatic carbocycles. The predicted molar refractivity (Wildman–Crippen MR) is 70.3 cm³/mol. The average molecular weight is 271 g/mol. The van der Waals surface area contributed by atoms with E-state index in [-0.39, 0.29) is 17.9 Å². The van der Waals surface area contributed by atoms with Crippen LogP contribution in [0.3, 0.4) is 0 Å². The van der Waals surface area contributed by atoms with Crippen LogP contribution < -0.4 is 5.32 Å². The van der Waals surface area contributed by atoms with Gasteiger partial charge in [0, 0.05) is 6.54 Å². The van der Waals surface area contributed by atoms with Gasteiger partial charge in [-0.25, -0.2) is 14.8 Å². The van der Waals surface area contributed by atoms with Gasteiger partial charge in [0.25, 0.3) is 0 Å². The molecule has 0 saturated heterocycles. The topological polar surface area (TPSA) is 95.3 Å². The maximum absolute atomic E-state index is 11.3. The van der Waals surface area contributed by atoms with Gasteiger partial charge >= 0.3 is 5.97 Å². The minimum Gasteiger partial charge on any atom is -0.477 e. The molecule has 0 saturated carbocycles. The molecule has 100 valence electrons. The Labute approximate surface area is 110 Å². The number of nitrogens with one attached hydrogen (secondary N) is 1. The van der Waals surface area contributed by atoms with E-state index in [0.717, 1.165) is 0 Å². The van der Waals surface area contributed by atoms with Crippen LogP contribution >= 0.6 is 11.8 Å². The first kappa shape index (κ1) is 14.7. The molecule has 0 aliphatic carbocycles. The van der Waals surface area contributed by atoms with E-state index in [4.69, 9.17) is 0 Å². The van der Waals surface area contributed by atoms with Crippen LogP contribution in [0.25, 0.3) is 0 Å². The van der Waals surface area contributed by atoms with E-state index in [9.17, 15) is 15.0 Å². The second kappa shape index (κ2) is 6.55. The van der Waals surface area contributed by atoms with Crippen molar-refractivity contribution in [2.45, 2.75) is 31.5 Å². The first-order valence-corrected chi connectivity index (χ1v) is 6.82. The fraction of sp³-hybridized carbons (Fsp3) is 0.545. The first-order valence-electron chi connectivity index (χ1n) is 5.59. The molecule has 0 radical (unpaired) electrons. The number of aryl methyl sites for hydroxylation is 1. The zero-order chi connectivity index (χ0) is 13.7. The fourth-order valence-corrected chi connectivity index (χ4v) is 1.81. The largest absolute Gasteiger partial charge is 0.477 e. The molecule has 1 atom stereocenters. The van der Waals surface area contributed by atoms with E-state index in [2.05, 4.69) is 15.3 Å². The van der Waals surface area contributed by atoms with Crippen molar-refractivity contribution in [1.29, 1.82) is 0 Å². The van der Waals surface area contributed by atoms with Gasteiger partial charge in [0.05, 0.1) is 11.8 Å². The molecule has 1 aromatic rings. The molecular weight excluding hydrogens is 254 g/mol. The maximum atomic E-state index is 11.3. The van der Waals surface area contributed by atoms with Crippen LogP contribution in [0.2, 0.25) is 0 Å². The molecule has 1 aromatic heterocycles. The highest BCUT2D eigenvalue weighted by molar-refractivity contribution is 7.98. The van der Waals surface area contributed by atoms with Crippen molar-refractivity contribution in [2.24, 2.45) is 0 Å². The van der Waals surface area contributed by atoms with Crippen molar-refractivity contribution < 1.29 is 15.0 Å². The van der Waals surface area contributed by atoms with Crippen molar-refractivity contribution in [2.75, 3.05) is 18.1 Å². The third-order valence-corrected chi connectivity index (χ3v) is 2.81. The Hall–Kier alpha value is -1.34. The number of carbonyl (C=O) groups is 1. The smallest absolute Gasteiger partial charge is 0.341 e.